The van der Waals surface area contributed by atoms with E-state index in [-0.39, 0.29) is 24.9 Å². The predicted molar refractivity (Wildman–Crippen MR) is 50.0 cm³/mol. The number of aliphatic hydroxyl groups is 1. The molecule has 5 heteroatoms. The molecule has 0 aliphatic carbocycles. The van der Waals surface area contributed by atoms with Gasteiger partial charge in [-0.3, -0.25) is 4.79 Å². The van der Waals surface area contributed by atoms with Crippen molar-refractivity contribution in [1.82, 2.24) is 0 Å². The van der Waals surface area contributed by atoms with E-state index >= 15 is 0 Å². The molecule has 0 aliphatic rings. The van der Waals surface area contributed by atoms with Gasteiger partial charge in [-0.05, 0) is 6.42 Å². The van der Waals surface area contributed by atoms with Crippen molar-refractivity contribution in [1.29, 1.82) is 0 Å². The summed E-state index contributed by atoms with van der Waals surface area (Å²) < 4.78 is 15.6. The summed E-state index contributed by atoms with van der Waals surface area (Å²) in [5.74, 6) is -0.328. The van der Waals surface area contributed by atoms with Gasteiger partial charge >= 0.3 is 13.8 Å². The molecule has 0 fully saturated rings. The molecule has 1 N–H and O–H groups in total. The highest BCUT2D eigenvalue weighted by molar-refractivity contribution is 7.44. The molecule has 4 nitrogen and oxygen atoms in total. The topological polar surface area (TPSA) is 63.6 Å². The lowest BCUT2D eigenvalue weighted by atomic mass is 10.4. The van der Waals surface area contributed by atoms with Crippen LogP contribution in [0.1, 0.15) is 26.2 Å². The predicted octanol–water partition coefficient (Wildman–Crippen LogP) is 1.50. The fourth-order valence-corrected chi connectivity index (χ4v) is 1.26. The van der Waals surface area contributed by atoms with E-state index in [4.69, 9.17) is 9.84 Å². The molecule has 0 saturated carbocycles. The molecule has 1 atom stereocenters. The number of carbonyl (C=O) groups is 1. The molecule has 0 rings (SSSR count). The van der Waals surface area contributed by atoms with Gasteiger partial charge in [-0.2, -0.15) is 0 Å². The highest BCUT2D eigenvalue weighted by Crippen LogP contribution is 2.18. The van der Waals surface area contributed by atoms with Gasteiger partial charge in [0.2, 0.25) is 6.35 Å². The first-order valence-corrected chi connectivity index (χ1v) is 6.02. The first-order chi connectivity index (χ1) is 6.20. The molecule has 76 valence electrons. The van der Waals surface area contributed by atoms with Crippen LogP contribution < -0.4 is 0 Å². The molecule has 1 unspecified atom stereocenters. The number of carbonyl (C=O) groups excluding carboxylic acids is 1. The average molecular weight is 207 g/mol. The van der Waals surface area contributed by atoms with Crippen molar-refractivity contribution < 1.29 is 19.2 Å². The van der Waals surface area contributed by atoms with Crippen molar-refractivity contribution in [2.75, 3.05) is 19.1 Å². The number of aliphatic hydroxyl groups excluding tert-OH is 1. The van der Waals surface area contributed by atoms with E-state index in [1.807, 2.05) is 6.92 Å². The van der Waals surface area contributed by atoms with Crippen LogP contribution in [0.25, 0.3) is 0 Å². The molecule has 0 aliphatic heterocycles. The molecule has 0 aromatic carbocycles. The van der Waals surface area contributed by atoms with Crippen molar-refractivity contribution in [3.05, 3.63) is 0 Å². The van der Waals surface area contributed by atoms with Crippen molar-refractivity contribution >= 4 is 13.8 Å². The van der Waals surface area contributed by atoms with Crippen LogP contribution >= 0.6 is 7.80 Å². The summed E-state index contributed by atoms with van der Waals surface area (Å²) >= 11 is 0. The van der Waals surface area contributed by atoms with Crippen LogP contribution in [0.3, 0.4) is 0 Å². The van der Waals surface area contributed by atoms with Gasteiger partial charge in [0.25, 0.3) is 0 Å². The Morgan fingerprint density at radius 1 is 1.54 bits per heavy atom. The first kappa shape index (κ1) is 12.5. The van der Waals surface area contributed by atoms with E-state index in [2.05, 4.69) is 0 Å². The standard InChI is InChI=1S/C8H16O4P/c1-2-3-5-12-8(10)4-6-13(11)7-9/h9H,2-7H2,1H3/q+1. The lowest BCUT2D eigenvalue weighted by molar-refractivity contribution is -0.143. The molecule has 13 heavy (non-hydrogen) atoms. The fourth-order valence-electron chi connectivity index (χ4n) is 0.689. The lowest BCUT2D eigenvalue weighted by Gasteiger charge is -1.99. The normalized spacial score (nSPS) is 11.1. The largest absolute Gasteiger partial charge is 0.466 e. The molecule has 0 bridgehead atoms. The molecule has 0 spiro atoms. The van der Waals surface area contributed by atoms with Crippen LogP contribution in [0, 0.1) is 0 Å². The number of rotatable bonds is 7. The van der Waals surface area contributed by atoms with Crippen LogP contribution in [0.5, 0.6) is 0 Å². The van der Waals surface area contributed by atoms with Crippen molar-refractivity contribution in [3.8, 4) is 0 Å². The minimum Gasteiger partial charge on any atom is -0.466 e. The highest BCUT2D eigenvalue weighted by atomic mass is 31.1. The number of ether oxygens (including phenoxy) is 1. The second kappa shape index (κ2) is 8.14. The zero-order chi connectivity index (χ0) is 10.1. The average Bonchev–Trinajstić information content (AvgIpc) is 2.14. The Balaban J connectivity index is 3.35. The molecule has 0 heterocycles. The smallest absolute Gasteiger partial charge is 0.367 e. The first-order valence-electron chi connectivity index (χ1n) is 4.39. The van der Waals surface area contributed by atoms with E-state index < -0.39 is 7.80 Å². The maximum absolute atomic E-state index is 10.9. The number of esters is 1. The molecular formula is C8H16O4P+. The second-order valence-corrected chi connectivity index (χ2v) is 4.36. The third kappa shape index (κ3) is 7.88. The molecule has 0 amide bonds. The summed E-state index contributed by atoms with van der Waals surface area (Å²) in [7, 11) is -1.62. The number of hydrogen-bond donors (Lipinski definition) is 1. The van der Waals surface area contributed by atoms with E-state index in [0.717, 1.165) is 12.8 Å². The third-order valence-corrected chi connectivity index (χ3v) is 2.52. The summed E-state index contributed by atoms with van der Waals surface area (Å²) in [5.41, 5.74) is 0. The van der Waals surface area contributed by atoms with Gasteiger partial charge in [0.15, 0.2) is 6.16 Å². The van der Waals surface area contributed by atoms with Crippen LogP contribution in [-0.4, -0.2) is 30.2 Å². The fraction of sp³-hybridized carbons (Fsp3) is 0.875. The number of unbranched alkanes of at least 4 members (excludes halogenated alkanes) is 1. The summed E-state index contributed by atoms with van der Waals surface area (Å²) in [4.78, 5) is 10.9. The monoisotopic (exact) mass is 207 g/mol. The van der Waals surface area contributed by atoms with Gasteiger partial charge in [0.1, 0.15) is 0 Å². The van der Waals surface area contributed by atoms with Gasteiger partial charge in [-0.15, -0.1) is 0 Å². The van der Waals surface area contributed by atoms with Crippen molar-refractivity contribution in [3.63, 3.8) is 0 Å². The minimum absolute atomic E-state index is 0.138. The number of hydrogen-bond acceptors (Lipinski definition) is 4. The molecule has 0 saturated heterocycles. The maximum atomic E-state index is 10.9. The minimum atomic E-state index is -1.62. The summed E-state index contributed by atoms with van der Waals surface area (Å²) in [6, 6.07) is 0. The SMILES string of the molecule is CCCCOC(=O)CC[P+](=O)CO. The summed E-state index contributed by atoms with van der Waals surface area (Å²) in [5, 5.41) is 8.43. The van der Waals surface area contributed by atoms with Gasteiger partial charge in [0.05, 0.1) is 13.0 Å². The van der Waals surface area contributed by atoms with Crippen LogP contribution in [0.4, 0.5) is 0 Å². The third-order valence-electron chi connectivity index (χ3n) is 1.48. The Labute approximate surface area is 79.1 Å². The quantitative estimate of drug-likeness (QED) is 0.390. The van der Waals surface area contributed by atoms with E-state index in [1.54, 1.807) is 0 Å². The Hall–Kier alpha value is -0.470. The van der Waals surface area contributed by atoms with Gasteiger partial charge in [0, 0.05) is 0 Å². The summed E-state index contributed by atoms with van der Waals surface area (Å²) in [6.45, 7) is 2.45. The Morgan fingerprint density at radius 2 is 2.23 bits per heavy atom. The molecular weight excluding hydrogens is 191 g/mol. The molecule has 0 aromatic rings. The van der Waals surface area contributed by atoms with E-state index in [1.165, 1.54) is 0 Å². The highest BCUT2D eigenvalue weighted by Gasteiger charge is 2.15. The second-order valence-electron chi connectivity index (χ2n) is 2.67. The van der Waals surface area contributed by atoms with E-state index in [0.29, 0.717) is 6.61 Å². The van der Waals surface area contributed by atoms with Gasteiger partial charge < -0.3 is 9.84 Å². The summed E-state index contributed by atoms with van der Waals surface area (Å²) in [6.07, 6.45) is 1.85. The zero-order valence-corrected chi connectivity index (χ0v) is 8.76. The van der Waals surface area contributed by atoms with Crippen molar-refractivity contribution in [2.24, 2.45) is 0 Å². The Bertz CT molecular complexity index is 170. The zero-order valence-electron chi connectivity index (χ0n) is 7.86. The van der Waals surface area contributed by atoms with Crippen LogP contribution in [0.2, 0.25) is 0 Å². The van der Waals surface area contributed by atoms with E-state index in [9.17, 15) is 9.36 Å². The van der Waals surface area contributed by atoms with Crippen LogP contribution in [-0.2, 0) is 14.1 Å². The van der Waals surface area contributed by atoms with Gasteiger partial charge in [-0.25, -0.2) is 0 Å². The van der Waals surface area contributed by atoms with Crippen LogP contribution in [0.15, 0.2) is 0 Å². The van der Waals surface area contributed by atoms with Crippen molar-refractivity contribution in [2.45, 2.75) is 26.2 Å². The Morgan fingerprint density at radius 3 is 2.77 bits per heavy atom. The Kier molecular flexibility index (Phi) is 7.85. The van der Waals surface area contributed by atoms with Gasteiger partial charge in [-0.1, -0.05) is 17.9 Å². The lowest BCUT2D eigenvalue weighted by Crippen LogP contribution is -2.06. The molecule has 0 aromatic heterocycles. The molecule has 0 radical (unpaired) electrons. The maximum Gasteiger partial charge on any atom is 0.367 e.